The fourth-order valence-corrected chi connectivity index (χ4v) is 4.11. The lowest BCUT2D eigenvalue weighted by Crippen LogP contribution is -2.11. The van der Waals surface area contributed by atoms with Gasteiger partial charge >= 0.3 is 0 Å². The number of carbonyl (C=O) groups excluding carboxylic acids is 1. The lowest BCUT2D eigenvalue weighted by atomic mass is 10.1. The topological polar surface area (TPSA) is 51.2 Å². The van der Waals surface area contributed by atoms with Gasteiger partial charge in [0.1, 0.15) is 28.1 Å². The van der Waals surface area contributed by atoms with Gasteiger partial charge in [-0.2, -0.15) is 0 Å². The SMILES string of the molecule is Cc1nc(COc2ccc(F)cc2)sc1C(=O)Nc1ccc2c(c1)CCC2. The third kappa shape index (κ3) is 4.01. The summed E-state index contributed by atoms with van der Waals surface area (Å²) in [5, 5.41) is 3.68. The predicted octanol–water partition coefficient (Wildman–Crippen LogP) is 4.91. The molecule has 0 spiro atoms. The molecule has 0 radical (unpaired) electrons. The summed E-state index contributed by atoms with van der Waals surface area (Å²) in [5.74, 6) is 0.0994. The van der Waals surface area contributed by atoms with E-state index in [0.717, 1.165) is 18.5 Å². The number of aryl methyl sites for hydroxylation is 3. The van der Waals surface area contributed by atoms with E-state index < -0.39 is 0 Å². The normalized spacial score (nSPS) is 12.7. The van der Waals surface area contributed by atoms with Crippen LogP contribution in [0.1, 0.15) is 37.9 Å². The van der Waals surface area contributed by atoms with E-state index >= 15 is 0 Å². The van der Waals surface area contributed by atoms with Crippen molar-refractivity contribution in [1.82, 2.24) is 4.98 Å². The Labute approximate surface area is 161 Å². The largest absolute Gasteiger partial charge is 0.486 e. The number of carbonyl (C=O) groups is 1. The maximum atomic E-state index is 12.9. The van der Waals surface area contributed by atoms with E-state index in [1.165, 1.54) is 41.0 Å². The van der Waals surface area contributed by atoms with Gasteiger partial charge in [0.05, 0.1) is 5.69 Å². The fraction of sp³-hybridized carbons (Fsp3) is 0.238. The molecule has 0 atom stereocenters. The number of nitrogens with zero attached hydrogens (tertiary/aromatic N) is 1. The first-order valence-corrected chi connectivity index (χ1v) is 9.68. The van der Waals surface area contributed by atoms with Gasteiger partial charge in [-0.3, -0.25) is 4.79 Å². The van der Waals surface area contributed by atoms with Crippen LogP contribution in [0.2, 0.25) is 0 Å². The summed E-state index contributed by atoms with van der Waals surface area (Å²) in [6.07, 6.45) is 3.37. The summed E-state index contributed by atoms with van der Waals surface area (Å²) in [6.45, 7) is 2.05. The van der Waals surface area contributed by atoms with Gasteiger partial charge in [0.15, 0.2) is 0 Å². The van der Waals surface area contributed by atoms with Crippen LogP contribution in [0.4, 0.5) is 10.1 Å². The van der Waals surface area contributed by atoms with Gasteiger partial charge in [0.2, 0.25) is 0 Å². The number of hydrogen-bond donors (Lipinski definition) is 1. The summed E-state index contributed by atoms with van der Waals surface area (Å²) >= 11 is 1.31. The molecule has 1 aliphatic rings. The Morgan fingerprint density at radius 1 is 1.19 bits per heavy atom. The van der Waals surface area contributed by atoms with Crippen LogP contribution in [0.5, 0.6) is 5.75 Å². The average molecular weight is 382 g/mol. The van der Waals surface area contributed by atoms with Crippen LogP contribution in [-0.4, -0.2) is 10.9 Å². The average Bonchev–Trinajstić information content (AvgIpc) is 3.27. The van der Waals surface area contributed by atoms with Crippen molar-refractivity contribution >= 4 is 22.9 Å². The second-order valence-electron chi connectivity index (χ2n) is 6.56. The molecule has 27 heavy (non-hydrogen) atoms. The zero-order valence-electron chi connectivity index (χ0n) is 14.9. The number of rotatable bonds is 5. The van der Waals surface area contributed by atoms with Crippen molar-refractivity contribution in [3.8, 4) is 5.75 Å². The van der Waals surface area contributed by atoms with Crippen molar-refractivity contribution < 1.29 is 13.9 Å². The molecule has 1 heterocycles. The molecule has 0 unspecified atom stereocenters. The van der Waals surface area contributed by atoms with Gasteiger partial charge in [0.25, 0.3) is 5.91 Å². The highest BCUT2D eigenvalue weighted by atomic mass is 32.1. The molecule has 1 amide bonds. The van der Waals surface area contributed by atoms with E-state index in [9.17, 15) is 9.18 Å². The summed E-state index contributed by atoms with van der Waals surface area (Å²) < 4.78 is 18.6. The maximum absolute atomic E-state index is 12.9. The number of anilines is 1. The number of aromatic nitrogens is 1. The molecule has 1 aliphatic carbocycles. The van der Waals surface area contributed by atoms with E-state index in [0.29, 0.717) is 21.3 Å². The number of benzene rings is 2. The third-order valence-electron chi connectivity index (χ3n) is 4.58. The molecule has 1 aromatic heterocycles. The van der Waals surface area contributed by atoms with Crippen LogP contribution < -0.4 is 10.1 Å². The lowest BCUT2D eigenvalue weighted by Gasteiger charge is -2.06. The molecule has 0 aliphatic heterocycles. The first-order chi connectivity index (χ1) is 13.1. The zero-order valence-corrected chi connectivity index (χ0v) is 15.7. The molecule has 4 rings (SSSR count). The van der Waals surface area contributed by atoms with Crippen molar-refractivity contribution in [2.45, 2.75) is 32.8 Å². The first kappa shape index (κ1) is 17.7. The highest BCUT2D eigenvalue weighted by Crippen LogP contribution is 2.26. The Balaban J connectivity index is 1.42. The number of fused-ring (bicyclic) bond motifs is 1. The predicted molar refractivity (Wildman–Crippen MR) is 104 cm³/mol. The number of halogens is 1. The molecule has 0 saturated carbocycles. The summed E-state index contributed by atoms with van der Waals surface area (Å²) in [5.41, 5.74) is 4.19. The first-order valence-electron chi connectivity index (χ1n) is 8.86. The molecular formula is C21H19FN2O2S. The Morgan fingerprint density at radius 2 is 1.96 bits per heavy atom. The van der Waals surface area contributed by atoms with Gasteiger partial charge in [-0.1, -0.05) is 6.07 Å². The Bertz CT molecular complexity index is 982. The van der Waals surface area contributed by atoms with E-state index in [1.807, 2.05) is 13.0 Å². The standard InChI is InChI=1S/C21H19FN2O2S/c1-13-20(21(25)24-17-8-5-14-3-2-4-15(14)11-17)27-19(23-13)12-26-18-9-6-16(22)7-10-18/h5-11H,2-4,12H2,1H3,(H,24,25). The van der Waals surface area contributed by atoms with Crippen molar-refractivity contribution in [3.63, 3.8) is 0 Å². The Morgan fingerprint density at radius 3 is 2.78 bits per heavy atom. The number of nitrogens with one attached hydrogen (secondary N) is 1. The van der Waals surface area contributed by atoms with E-state index in [1.54, 1.807) is 12.1 Å². The van der Waals surface area contributed by atoms with Crippen LogP contribution in [-0.2, 0) is 19.4 Å². The van der Waals surface area contributed by atoms with E-state index in [4.69, 9.17) is 4.74 Å². The third-order valence-corrected chi connectivity index (χ3v) is 5.71. The van der Waals surface area contributed by atoms with Gasteiger partial charge in [-0.25, -0.2) is 9.37 Å². The van der Waals surface area contributed by atoms with Crippen LogP contribution in [0.3, 0.4) is 0 Å². The van der Waals surface area contributed by atoms with Crippen molar-refractivity contribution in [3.05, 3.63) is 75.0 Å². The highest BCUT2D eigenvalue weighted by Gasteiger charge is 2.17. The summed E-state index contributed by atoms with van der Waals surface area (Å²) in [4.78, 5) is 17.6. The van der Waals surface area contributed by atoms with Gasteiger partial charge in [-0.15, -0.1) is 11.3 Å². The monoisotopic (exact) mass is 382 g/mol. The van der Waals surface area contributed by atoms with Crippen LogP contribution in [0.15, 0.2) is 42.5 Å². The second-order valence-corrected chi connectivity index (χ2v) is 7.64. The smallest absolute Gasteiger partial charge is 0.267 e. The fourth-order valence-electron chi connectivity index (χ4n) is 3.24. The summed E-state index contributed by atoms with van der Waals surface area (Å²) in [7, 11) is 0. The minimum atomic E-state index is -0.307. The van der Waals surface area contributed by atoms with E-state index in [-0.39, 0.29) is 18.3 Å². The van der Waals surface area contributed by atoms with Gasteiger partial charge in [0, 0.05) is 5.69 Å². The van der Waals surface area contributed by atoms with Gasteiger partial charge < -0.3 is 10.1 Å². The molecular weight excluding hydrogens is 363 g/mol. The van der Waals surface area contributed by atoms with Crippen molar-refractivity contribution in [1.29, 1.82) is 0 Å². The Kier molecular flexibility index (Phi) is 4.90. The molecule has 0 bridgehead atoms. The van der Waals surface area contributed by atoms with Crippen molar-refractivity contribution in [2.75, 3.05) is 5.32 Å². The molecule has 6 heteroatoms. The molecule has 2 aromatic carbocycles. The highest BCUT2D eigenvalue weighted by molar-refractivity contribution is 7.13. The molecule has 0 fully saturated rings. The lowest BCUT2D eigenvalue weighted by molar-refractivity contribution is 0.103. The second kappa shape index (κ2) is 7.48. The quantitative estimate of drug-likeness (QED) is 0.682. The number of amides is 1. The minimum absolute atomic E-state index is 0.157. The van der Waals surface area contributed by atoms with E-state index in [2.05, 4.69) is 22.4 Å². The number of ether oxygens (including phenoxy) is 1. The number of hydrogen-bond acceptors (Lipinski definition) is 4. The molecule has 3 aromatic rings. The molecule has 0 saturated heterocycles. The molecule has 138 valence electrons. The zero-order chi connectivity index (χ0) is 18.8. The van der Waals surface area contributed by atoms with Crippen molar-refractivity contribution in [2.24, 2.45) is 0 Å². The van der Waals surface area contributed by atoms with Crippen LogP contribution in [0, 0.1) is 12.7 Å². The summed E-state index contributed by atoms with van der Waals surface area (Å²) in [6, 6.07) is 11.9. The van der Waals surface area contributed by atoms with Gasteiger partial charge in [-0.05, 0) is 73.7 Å². The maximum Gasteiger partial charge on any atom is 0.267 e. The van der Waals surface area contributed by atoms with Crippen LogP contribution >= 0.6 is 11.3 Å². The number of thiazole rings is 1. The molecule has 1 N–H and O–H groups in total. The molecule has 4 nitrogen and oxygen atoms in total. The Hall–Kier alpha value is -2.73. The van der Waals surface area contributed by atoms with Crippen LogP contribution in [0.25, 0.3) is 0 Å². The minimum Gasteiger partial charge on any atom is -0.486 e.